The van der Waals surface area contributed by atoms with Gasteiger partial charge in [-0.2, -0.15) is 11.8 Å². The van der Waals surface area contributed by atoms with Crippen molar-refractivity contribution in [3.63, 3.8) is 0 Å². The predicted octanol–water partition coefficient (Wildman–Crippen LogP) is 3.87. The Balaban J connectivity index is 2.30. The van der Waals surface area contributed by atoms with E-state index in [0.29, 0.717) is 21.9 Å². The van der Waals surface area contributed by atoms with Gasteiger partial charge in [-0.1, -0.05) is 18.5 Å². The SMILES string of the molecule is CC(=O)c1ccc(N2CCSC(C)C2C)c(Cl)c1. The third-order valence-electron chi connectivity index (χ3n) is 3.55. The molecule has 2 unspecified atom stereocenters. The predicted molar refractivity (Wildman–Crippen MR) is 80.2 cm³/mol. The van der Waals surface area contributed by atoms with E-state index in [4.69, 9.17) is 11.6 Å². The van der Waals surface area contributed by atoms with E-state index in [1.165, 1.54) is 0 Å². The van der Waals surface area contributed by atoms with Crippen molar-refractivity contribution >= 4 is 34.8 Å². The van der Waals surface area contributed by atoms with Crippen molar-refractivity contribution in [2.75, 3.05) is 17.2 Å². The molecule has 2 rings (SSSR count). The molecule has 0 bridgehead atoms. The fraction of sp³-hybridized carbons (Fsp3) is 0.500. The van der Waals surface area contributed by atoms with Crippen LogP contribution in [0.4, 0.5) is 5.69 Å². The van der Waals surface area contributed by atoms with Crippen LogP contribution in [0.3, 0.4) is 0 Å². The standard InChI is InChI=1S/C14H18ClNOS/c1-9-11(3)18-7-6-16(9)14-5-4-12(10(2)17)8-13(14)15/h4-5,8-9,11H,6-7H2,1-3H3. The number of benzene rings is 1. The minimum Gasteiger partial charge on any atom is -0.366 e. The molecule has 18 heavy (non-hydrogen) atoms. The Morgan fingerprint density at radius 2 is 2.17 bits per heavy atom. The zero-order valence-electron chi connectivity index (χ0n) is 10.9. The molecule has 0 N–H and O–H groups in total. The van der Waals surface area contributed by atoms with E-state index in [9.17, 15) is 4.79 Å². The molecule has 1 aliphatic rings. The Bertz CT molecular complexity index is 463. The summed E-state index contributed by atoms with van der Waals surface area (Å²) in [7, 11) is 0. The quantitative estimate of drug-likeness (QED) is 0.769. The maximum Gasteiger partial charge on any atom is 0.159 e. The monoisotopic (exact) mass is 283 g/mol. The number of Topliss-reactive ketones (excluding diaryl/α,β-unsaturated/α-hetero) is 1. The fourth-order valence-corrected chi connectivity index (χ4v) is 3.62. The van der Waals surface area contributed by atoms with Gasteiger partial charge in [0.25, 0.3) is 0 Å². The molecule has 0 aromatic heterocycles. The minimum atomic E-state index is 0.0547. The molecule has 1 fully saturated rings. The van der Waals surface area contributed by atoms with E-state index in [2.05, 4.69) is 18.7 Å². The molecule has 2 atom stereocenters. The number of hydrogen-bond donors (Lipinski definition) is 0. The van der Waals surface area contributed by atoms with Gasteiger partial charge in [-0.15, -0.1) is 0 Å². The Hall–Kier alpha value is -0.670. The summed E-state index contributed by atoms with van der Waals surface area (Å²) in [6.45, 7) is 7.05. The van der Waals surface area contributed by atoms with Crippen LogP contribution in [0.1, 0.15) is 31.1 Å². The van der Waals surface area contributed by atoms with E-state index in [0.717, 1.165) is 18.0 Å². The largest absolute Gasteiger partial charge is 0.366 e. The van der Waals surface area contributed by atoms with Crippen LogP contribution in [0.25, 0.3) is 0 Å². The molecular formula is C14H18ClNOS. The molecule has 1 aliphatic heterocycles. The Labute approximate surface area is 118 Å². The van der Waals surface area contributed by atoms with Gasteiger partial charge < -0.3 is 4.90 Å². The number of carbonyl (C=O) groups is 1. The summed E-state index contributed by atoms with van der Waals surface area (Å²) in [4.78, 5) is 13.7. The highest BCUT2D eigenvalue weighted by molar-refractivity contribution is 8.00. The van der Waals surface area contributed by atoms with Crippen LogP contribution >= 0.6 is 23.4 Å². The average Bonchev–Trinajstić information content (AvgIpc) is 2.33. The van der Waals surface area contributed by atoms with Crippen LogP contribution in [0, 0.1) is 0 Å². The van der Waals surface area contributed by atoms with Gasteiger partial charge in [-0.3, -0.25) is 4.79 Å². The number of thioether (sulfide) groups is 1. The average molecular weight is 284 g/mol. The molecule has 1 heterocycles. The highest BCUT2D eigenvalue weighted by Crippen LogP contribution is 2.34. The van der Waals surface area contributed by atoms with Crippen molar-refractivity contribution in [3.05, 3.63) is 28.8 Å². The molecule has 0 amide bonds. The summed E-state index contributed by atoms with van der Waals surface area (Å²) in [5, 5.41) is 1.27. The highest BCUT2D eigenvalue weighted by Gasteiger charge is 2.26. The Morgan fingerprint density at radius 3 is 2.78 bits per heavy atom. The second-order valence-electron chi connectivity index (χ2n) is 4.73. The molecule has 0 radical (unpaired) electrons. The topological polar surface area (TPSA) is 20.3 Å². The number of ketones is 1. The first-order valence-electron chi connectivity index (χ1n) is 6.19. The molecule has 1 aromatic carbocycles. The normalized spacial score (nSPS) is 24.1. The summed E-state index contributed by atoms with van der Waals surface area (Å²) in [5.74, 6) is 1.18. The number of anilines is 1. The first-order chi connectivity index (χ1) is 8.50. The lowest BCUT2D eigenvalue weighted by atomic mass is 10.1. The second kappa shape index (κ2) is 5.54. The van der Waals surface area contributed by atoms with Gasteiger partial charge in [0.05, 0.1) is 10.7 Å². The van der Waals surface area contributed by atoms with Crippen LogP contribution in [-0.2, 0) is 0 Å². The molecule has 0 spiro atoms. The molecule has 0 saturated carbocycles. The van der Waals surface area contributed by atoms with E-state index in [1.807, 2.05) is 23.9 Å². The molecule has 0 aliphatic carbocycles. The van der Waals surface area contributed by atoms with Gasteiger partial charge in [0, 0.05) is 29.2 Å². The molecule has 98 valence electrons. The third-order valence-corrected chi connectivity index (χ3v) is 5.19. The second-order valence-corrected chi connectivity index (χ2v) is 6.62. The van der Waals surface area contributed by atoms with Crippen LogP contribution in [-0.4, -0.2) is 29.4 Å². The zero-order chi connectivity index (χ0) is 13.3. The fourth-order valence-electron chi connectivity index (χ4n) is 2.23. The smallest absolute Gasteiger partial charge is 0.159 e. The van der Waals surface area contributed by atoms with Gasteiger partial charge >= 0.3 is 0 Å². The van der Waals surface area contributed by atoms with E-state index in [1.54, 1.807) is 13.0 Å². The minimum absolute atomic E-state index is 0.0547. The van der Waals surface area contributed by atoms with Gasteiger partial charge in [-0.05, 0) is 32.0 Å². The summed E-state index contributed by atoms with van der Waals surface area (Å²) in [5.41, 5.74) is 1.72. The zero-order valence-corrected chi connectivity index (χ0v) is 12.5. The Kier molecular flexibility index (Phi) is 4.23. The molecule has 2 nitrogen and oxygen atoms in total. The van der Waals surface area contributed by atoms with Gasteiger partial charge in [0.2, 0.25) is 0 Å². The van der Waals surface area contributed by atoms with Crippen LogP contribution < -0.4 is 4.90 Å². The van der Waals surface area contributed by atoms with E-state index >= 15 is 0 Å². The van der Waals surface area contributed by atoms with Crippen molar-refractivity contribution in [3.8, 4) is 0 Å². The first-order valence-corrected chi connectivity index (χ1v) is 7.62. The third kappa shape index (κ3) is 2.67. The lowest BCUT2D eigenvalue weighted by Gasteiger charge is -2.39. The lowest BCUT2D eigenvalue weighted by molar-refractivity contribution is 0.101. The van der Waals surface area contributed by atoms with E-state index < -0.39 is 0 Å². The van der Waals surface area contributed by atoms with Crippen LogP contribution in [0.15, 0.2) is 18.2 Å². The number of carbonyl (C=O) groups excluding carboxylic acids is 1. The van der Waals surface area contributed by atoms with Crippen molar-refractivity contribution in [2.45, 2.75) is 32.1 Å². The summed E-state index contributed by atoms with van der Waals surface area (Å²) in [6.07, 6.45) is 0. The number of halogens is 1. The maximum atomic E-state index is 11.3. The van der Waals surface area contributed by atoms with Gasteiger partial charge in [0.1, 0.15) is 0 Å². The van der Waals surface area contributed by atoms with Crippen molar-refractivity contribution in [1.82, 2.24) is 0 Å². The lowest BCUT2D eigenvalue weighted by Crippen LogP contribution is -2.44. The summed E-state index contributed by atoms with van der Waals surface area (Å²) >= 11 is 8.32. The molecular weight excluding hydrogens is 266 g/mol. The van der Waals surface area contributed by atoms with Gasteiger partial charge in [0.15, 0.2) is 5.78 Å². The molecule has 1 aromatic rings. The summed E-state index contributed by atoms with van der Waals surface area (Å²) < 4.78 is 0. The maximum absolute atomic E-state index is 11.3. The van der Waals surface area contributed by atoms with Crippen molar-refractivity contribution < 1.29 is 4.79 Å². The van der Waals surface area contributed by atoms with Crippen molar-refractivity contribution in [2.24, 2.45) is 0 Å². The Morgan fingerprint density at radius 1 is 1.44 bits per heavy atom. The number of hydrogen-bond acceptors (Lipinski definition) is 3. The van der Waals surface area contributed by atoms with E-state index in [-0.39, 0.29) is 5.78 Å². The number of nitrogens with zero attached hydrogens (tertiary/aromatic N) is 1. The van der Waals surface area contributed by atoms with Crippen molar-refractivity contribution in [1.29, 1.82) is 0 Å². The molecule has 4 heteroatoms. The molecule has 1 saturated heterocycles. The number of rotatable bonds is 2. The van der Waals surface area contributed by atoms with Gasteiger partial charge in [-0.25, -0.2) is 0 Å². The first kappa shape index (κ1) is 13.8. The van der Waals surface area contributed by atoms with Crippen LogP contribution in [0.2, 0.25) is 5.02 Å². The van der Waals surface area contributed by atoms with Crippen LogP contribution in [0.5, 0.6) is 0 Å². The summed E-state index contributed by atoms with van der Waals surface area (Å²) in [6, 6.07) is 6.07. The highest BCUT2D eigenvalue weighted by atomic mass is 35.5.